The summed E-state index contributed by atoms with van der Waals surface area (Å²) in [4.78, 5) is 45.4. The van der Waals surface area contributed by atoms with Gasteiger partial charge < -0.3 is 41.0 Å². The fourth-order valence-corrected chi connectivity index (χ4v) is 7.53. The van der Waals surface area contributed by atoms with Gasteiger partial charge in [-0.3, -0.25) is 9.36 Å². The fourth-order valence-electron chi connectivity index (χ4n) is 7.39. The second-order valence-corrected chi connectivity index (χ2v) is 19.3. The number of hydrogen-bond acceptors (Lipinski definition) is 12. The maximum absolute atomic E-state index is 12.4. The third-order valence-corrected chi connectivity index (χ3v) is 11.1. The molecule has 4 aromatic heterocycles. The van der Waals surface area contributed by atoms with Crippen molar-refractivity contribution in [3.05, 3.63) is 113 Å². The Kier molecular flexibility index (Phi) is 17.3. The molecule has 0 spiro atoms. The smallest absolute Gasteiger partial charge is 0.317 e. The molecule has 0 radical (unpaired) electrons. The Labute approximate surface area is 410 Å². The molecule has 4 amide bonds. The molecule has 2 fully saturated rings. The highest BCUT2D eigenvalue weighted by atomic mass is 35.5. The average Bonchev–Trinajstić information content (AvgIpc) is 3.92. The number of halogens is 1. The van der Waals surface area contributed by atoms with Crippen molar-refractivity contribution in [1.82, 2.24) is 59.9 Å². The van der Waals surface area contributed by atoms with Crippen molar-refractivity contribution in [1.29, 1.82) is 0 Å². The van der Waals surface area contributed by atoms with Gasteiger partial charge in [-0.25, -0.2) is 29.5 Å². The van der Waals surface area contributed by atoms with Gasteiger partial charge in [-0.2, -0.15) is 10.2 Å². The van der Waals surface area contributed by atoms with E-state index < -0.39 is 0 Å². The van der Waals surface area contributed by atoms with E-state index in [0.29, 0.717) is 45.2 Å². The van der Waals surface area contributed by atoms with Gasteiger partial charge in [0.1, 0.15) is 0 Å². The number of nitrogen functional groups attached to an aromatic ring is 1. The summed E-state index contributed by atoms with van der Waals surface area (Å²) in [7, 11) is 0. The molecule has 18 nitrogen and oxygen atoms in total. The van der Waals surface area contributed by atoms with E-state index in [2.05, 4.69) is 52.2 Å². The molecule has 0 saturated carbocycles. The molecule has 0 unspecified atom stereocenters. The summed E-state index contributed by atoms with van der Waals surface area (Å²) in [5.41, 5.74) is 14.4. The van der Waals surface area contributed by atoms with Gasteiger partial charge in [0.2, 0.25) is 11.2 Å². The first-order valence-corrected chi connectivity index (χ1v) is 23.6. The van der Waals surface area contributed by atoms with Crippen LogP contribution >= 0.6 is 11.6 Å². The molecular weight excluding hydrogens is 896 g/mol. The van der Waals surface area contributed by atoms with Crippen molar-refractivity contribution in [2.24, 2.45) is 0 Å². The standard InChI is InChI=1S/C25H33N7O2.C20H25ClN4O2.C5H9N3/c1-6-32-14-20(13-28-32)29-23-26-10-9-22(30-23)18-7-8-19(17(2)11-18)12-27-24(33)31-15-21(16-31)34-25(3,4)5;1-13-9-14(17-7-8-22-18(21)24-17)5-6-15(13)10-23-19(26)25-11-16(12-25)27-20(2,3)4;1-2-8-4-5(6)3-7-8/h7-11,13-14,21H,6,12,15-16H2,1-5H3,(H,27,33)(H,26,29,30);5-9,16H,10-12H2,1-4H3,(H,23,26);3-4H,2,6H2,1H3. The molecule has 2 aromatic carbocycles. The first-order valence-electron chi connectivity index (χ1n) is 23.2. The van der Waals surface area contributed by atoms with Gasteiger partial charge in [0, 0.05) is 62.1 Å². The van der Waals surface area contributed by atoms with E-state index in [-0.39, 0.29) is 40.8 Å². The van der Waals surface area contributed by atoms with Crippen LogP contribution in [0.15, 0.2) is 85.7 Å². The Morgan fingerprint density at radius 1 is 0.696 bits per heavy atom. The van der Waals surface area contributed by atoms with Crippen LogP contribution < -0.4 is 21.7 Å². The number of aromatic nitrogens is 8. The highest BCUT2D eigenvalue weighted by Crippen LogP contribution is 2.25. The predicted molar refractivity (Wildman–Crippen MR) is 270 cm³/mol. The lowest BCUT2D eigenvalue weighted by Gasteiger charge is -2.41. The minimum absolute atomic E-state index is 0.0600. The Bertz CT molecular complexity index is 2640. The molecule has 5 N–H and O–H groups in total. The molecule has 19 heteroatoms. The van der Waals surface area contributed by atoms with Crippen LogP contribution in [-0.4, -0.2) is 111 Å². The largest absolute Gasteiger partial charge is 0.396 e. The van der Waals surface area contributed by atoms with Gasteiger partial charge >= 0.3 is 12.1 Å². The summed E-state index contributed by atoms with van der Waals surface area (Å²) in [6.45, 7) is 25.5. The number of carbonyl (C=O) groups excluding carboxylic acids is 2. The van der Waals surface area contributed by atoms with Crippen molar-refractivity contribution in [2.75, 3.05) is 37.2 Å². The summed E-state index contributed by atoms with van der Waals surface area (Å²) in [6, 6.07) is 15.7. The Balaban J connectivity index is 0.000000199. The topological polar surface area (TPSA) is 208 Å². The number of likely N-dealkylation sites (tertiary alicyclic amines) is 2. The number of aryl methyl sites for hydroxylation is 4. The molecule has 368 valence electrons. The lowest BCUT2D eigenvalue weighted by atomic mass is 10.0. The first-order chi connectivity index (χ1) is 32.7. The minimum atomic E-state index is -0.190. The van der Waals surface area contributed by atoms with Crippen molar-refractivity contribution in [3.8, 4) is 22.5 Å². The zero-order valence-corrected chi connectivity index (χ0v) is 42.2. The fraction of sp³-hybridized carbons (Fsp3) is 0.440. The van der Waals surface area contributed by atoms with E-state index in [0.717, 1.165) is 69.2 Å². The molecule has 0 bridgehead atoms. The summed E-state index contributed by atoms with van der Waals surface area (Å²) in [5, 5.41) is 17.6. The number of hydrogen-bond donors (Lipinski definition) is 4. The Hall–Kier alpha value is -6.63. The van der Waals surface area contributed by atoms with Crippen LogP contribution in [0, 0.1) is 13.8 Å². The van der Waals surface area contributed by atoms with Crippen LogP contribution in [0.5, 0.6) is 0 Å². The zero-order valence-electron chi connectivity index (χ0n) is 41.5. The lowest BCUT2D eigenvalue weighted by Crippen LogP contribution is -2.59. The summed E-state index contributed by atoms with van der Waals surface area (Å²) < 4.78 is 15.4. The lowest BCUT2D eigenvalue weighted by molar-refractivity contribution is -0.111. The number of nitrogens with zero attached hydrogens (tertiary/aromatic N) is 10. The van der Waals surface area contributed by atoms with Gasteiger partial charge in [-0.05, 0) is 127 Å². The zero-order chi connectivity index (χ0) is 49.9. The van der Waals surface area contributed by atoms with Crippen molar-refractivity contribution >= 4 is 41.0 Å². The molecule has 2 saturated heterocycles. The molecule has 2 aliphatic rings. The molecule has 69 heavy (non-hydrogen) atoms. The maximum Gasteiger partial charge on any atom is 0.317 e. The third-order valence-electron chi connectivity index (χ3n) is 10.9. The van der Waals surface area contributed by atoms with Gasteiger partial charge in [-0.15, -0.1) is 0 Å². The number of amides is 4. The molecule has 2 aliphatic heterocycles. The second kappa shape index (κ2) is 23.1. The van der Waals surface area contributed by atoms with Crippen LogP contribution in [0.3, 0.4) is 0 Å². The average molecular weight is 964 g/mol. The molecule has 6 aromatic rings. The number of rotatable bonds is 12. The van der Waals surface area contributed by atoms with Crippen molar-refractivity contribution in [2.45, 2.75) is 119 Å². The van der Waals surface area contributed by atoms with Crippen LogP contribution in [0.1, 0.15) is 77.6 Å². The van der Waals surface area contributed by atoms with Gasteiger partial charge in [0.25, 0.3) is 0 Å². The van der Waals surface area contributed by atoms with Crippen LogP contribution in [0.2, 0.25) is 5.28 Å². The molecule has 8 rings (SSSR count). The third kappa shape index (κ3) is 15.7. The highest BCUT2D eigenvalue weighted by molar-refractivity contribution is 6.28. The normalized spacial score (nSPS) is 13.8. The van der Waals surface area contributed by atoms with Crippen LogP contribution in [0.25, 0.3) is 22.5 Å². The van der Waals surface area contributed by atoms with Crippen LogP contribution in [-0.2, 0) is 35.7 Å². The number of carbonyl (C=O) groups is 2. The number of nitrogens with one attached hydrogen (secondary N) is 3. The second-order valence-electron chi connectivity index (χ2n) is 18.9. The maximum atomic E-state index is 12.4. The summed E-state index contributed by atoms with van der Waals surface area (Å²) >= 11 is 5.86. The van der Waals surface area contributed by atoms with E-state index in [1.54, 1.807) is 45.5 Å². The van der Waals surface area contributed by atoms with E-state index in [1.165, 1.54) is 0 Å². The van der Waals surface area contributed by atoms with E-state index in [1.807, 2.05) is 123 Å². The Morgan fingerprint density at radius 2 is 1.17 bits per heavy atom. The first kappa shape index (κ1) is 51.8. The minimum Gasteiger partial charge on any atom is -0.396 e. The van der Waals surface area contributed by atoms with Gasteiger partial charge in [0.15, 0.2) is 0 Å². The summed E-state index contributed by atoms with van der Waals surface area (Å²) in [5.74, 6) is 0.519. The van der Waals surface area contributed by atoms with E-state index in [4.69, 9.17) is 26.8 Å². The number of benzene rings is 2. The number of anilines is 3. The predicted octanol–water partition coefficient (Wildman–Crippen LogP) is 8.42. The van der Waals surface area contributed by atoms with E-state index >= 15 is 0 Å². The van der Waals surface area contributed by atoms with Gasteiger partial charge in [0.05, 0.1) is 84.7 Å². The van der Waals surface area contributed by atoms with Crippen molar-refractivity contribution in [3.63, 3.8) is 0 Å². The quantitative estimate of drug-likeness (QED) is 0.0853. The van der Waals surface area contributed by atoms with Crippen LogP contribution in [0.4, 0.5) is 26.9 Å². The van der Waals surface area contributed by atoms with Gasteiger partial charge in [-0.1, -0.05) is 24.3 Å². The molecule has 6 heterocycles. The monoisotopic (exact) mass is 963 g/mol. The Morgan fingerprint density at radius 3 is 1.59 bits per heavy atom. The number of nitrogens with two attached hydrogens (primary N) is 1. The molecule has 0 aliphatic carbocycles. The summed E-state index contributed by atoms with van der Waals surface area (Å²) in [6.07, 6.45) is 10.7. The van der Waals surface area contributed by atoms with Crippen molar-refractivity contribution < 1.29 is 19.1 Å². The SMILES string of the molecule is CCn1cc(N)cn1.CCn1cc(Nc2nccc(-c3ccc(CNC(=O)N4CC(OC(C)(C)C)C4)c(C)c3)n2)cn1.Cc1cc(-c2ccnc(Cl)n2)ccc1CNC(=O)N1CC(OC(C)(C)C)C1. The number of urea groups is 2. The van der Waals surface area contributed by atoms with E-state index in [9.17, 15) is 9.59 Å². The molecule has 0 atom stereocenters. The highest BCUT2D eigenvalue weighted by Gasteiger charge is 2.35. The number of ether oxygens (including phenoxy) is 2. The molecular formula is C50H67ClN14O4.